The van der Waals surface area contributed by atoms with Gasteiger partial charge in [0.2, 0.25) is 10.0 Å². The monoisotopic (exact) mass is 331 g/mol. The molecule has 1 unspecified atom stereocenters. The van der Waals surface area contributed by atoms with Crippen LogP contribution in [0.2, 0.25) is 0 Å². The normalized spacial score (nSPS) is 13.6. The summed E-state index contributed by atoms with van der Waals surface area (Å²) in [5.74, 6) is 0.771. The average Bonchev–Trinajstić information content (AvgIpc) is 2.51. The molecule has 0 aliphatic rings. The Kier molecular flexibility index (Phi) is 7.20. The van der Waals surface area contributed by atoms with Crippen molar-refractivity contribution in [3.63, 3.8) is 0 Å². The van der Waals surface area contributed by atoms with Gasteiger partial charge in [0, 0.05) is 18.8 Å². The number of rotatable bonds is 8. The maximum atomic E-state index is 12.9. The summed E-state index contributed by atoms with van der Waals surface area (Å²) in [7, 11) is -1.90. The Morgan fingerprint density at radius 3 is 2.48 bits per heavy atom. The minimum atomic E-state index is -3.54. The molecule has 1 aromatic carbocycles. The van der Waals surface area contributed by atoms with Gasteiger partial charge >= 0.3 is 0 Å². The van der Waals surface area contributed by atoms with E-state index in [0.717, 1.165) is 17.7 Å². The molecule has 0 saturated heterocycles. The zero-order valence-electron chi connectivity index (χ0n) is 13.2. The third-order valence-electron chi connectivity index (χ3n) is 3.70. The summed E-state index contributed by atoms with van der Waals surface area (Å²) >= 11 is 1.65. The summed E-state index contributed by atoms with van der Waals surface area (Å²) < 4.78 is 27.3. The molecule has 6 heteroatoms. The van der Waals surface area contributed by atoms with E-state index < -0.39 is 10.0 Å². The molecule has 1 rings (SSSR count). The predicted octanol–water partition coefficient (Wildman–Crippen LogP) is 2.50. The van der Waals surface area contributed by atoms with Crippen molar-refractivity contribution in [2.45, 2.75) is 44.2 Å². The van der Waals surface area contributed by atoms with Gasteiger partial charge in [-0.3, -0.25) is 0 Å². The fraction of sp³-hybridized carbons (Fsp3) is 0.600. The smallest absolute Gasteiger partial charge is 0.243 e. The highest BCUT2D eigenvalue weighted by molar-refractivity contribution is 7.98. The van der Waals surface area contributed by atoms with Crippen LogP contribution in [0.1, 0.15) is 31.4 Å². The first kappa shape index (κ1) is 18.5. The third kappa shape index (κ3) is 4.22. The van der Waals surface area contributed by atoms with E-state index in [0.29, 0.717) is 16.9 Å². The highest BCUT2D eigenvalue weighted by Crippen LogP contribution is 2.24. The lowest BCUT2D eigenvalue weighted by Gasteiger charge is -2.27. The molecule has 0 fully saturated rings. The van der Waals surface area contributed by atoms with Crippen molar-refractivity contribution in [1.29, 1.82) is 0 Å². The van der Waals surface area contributed by atoms with Crippen LogP contribution in [0.3, 0.4) is 0 Å². The van der Waals surface area contributed by atoms with Crippen molar-refractivity contribution >= 4 is 21.8 Å². The van der Waals surface area contributed by atoms with Crippen LogP contribution in [0, 0.1) is 0 Å². The zero-order chi connectivity index (χ0) is 16.0. The third-order valence-corrected chi connectivity index (χ3v) is 6.41. The molecule has 4 nitrogen and oxygen atoms in total. The summed E-state index contributed by atoms with van der Waals surface area (Å²) in [5, 5.41) is 9.26. The molecule has 1 atom stereocenters. The topological polar surface area (TPSA) is 57.6 Å². The molecule has 1 N–H and O–H groups in total. The van der Waals surface area contributed by atoms with Gasteiger partial charge in [-0.2, -0.15) is 16.1 Å². The molecule has 0 aliphatic carbocycles. The minimum absolute atomic E-state index is 0.0208. The van der Waals surface area contributed by atoms with Crippen molar-refractivity contribution in [3.05, 3.63) is 29.3 Å². The molecule has 0 heterocycles. The first-order valence-electron chi connectivity index (χ1n) is 7.11. The number of aryl methyl sites for hydroxylation is 1. The maximum Gasteiger partial charge on any atom is 0.243 e. The van der Waals surface area contributed by atoms with Crippen LogP contribution in [0.5, 0.6) is 0 Å². The van der Waals surface area contributed by atoms with Gasteiger partial charge in [0.15, 0.2) is 0 Å². The van der Waals surface area contributed by atoms with E-state index in [1.807, 2.05) is 20.1 Å². The molecule has 0 saturated carbocycles. The van der Waals surface area contributed by atoms with Crippen LogP contribution < -0.4 is 0 Å². The number of hydrogen-bond donors (Lipinski definition) is 1. The van der Waals surface area contributed by atoms with E-state index in [-0.39, 0.29) is 12.6 Å². The van der Waals surface area contributed by atoms with E-state index in [1.165, 1.54) is 4.31 Å². The summed E-state index contributed by atoms with van der Waals surface area (Å²) in [5.41, 5.74) is 1.41. The summed E-state index contributed by atoms with van der Waals surface area (Å²) in [6, 6.07) is 5.14. The highest BCUT2D eigenvalue weighted by Gasteiger charge is 2.28. The van der Waals surface area contributed by atoms with E-state index in [2.05, 4.69) is 0 Å². The standard InChI is InChI=1S/C15H25NO3S2/c1-5-13-8-7-12(10-17)9-15(13)21(18,19)16(3)14(6-2)11-20-4/h7-9,14,17H,5-6,10-11H2,1-4H3. The van der Waals surface area contributed by atoms with Gasteiger partial charge < -0.3 is 5.11 Å². The van der Waals surface area contributed by atoms with E-state index in [1.54, 1.807) is 37.0 Å². The van der Waals surface area contributed by atoms with Gasteiger partial charge in [-0.15, -0.1) is 0 Å². The Morgan fingerprint density at radius 2 is 2.00 bits per heavy atom. The number of benzene rings is 1. The molecule has 21 heavy (non-hydrogen) atoms. The molecule has 120 valence electrons. The second-order valence-electron chi connectivity index (χ2n) is 4.99. The lowest BCUT2D eigenvalue weighted by Crippen LogP contribution is -2.38. The second-order valence-corrected chi connectivity index (χ2v) is 7.87. The van der Waals surface area contributed by atoms with Crippen molar-refractivity contribution in [2.24, 2.45) is 0 Å². The quantitative estimate of drug-likeness (QED) is 0.795. The number of nitrogens with zero attached hydrogens (tertiary/aromatic N) is 1. The van der Waals surface area contributed by atoms with Gasteiger partial charge in [0.05, 0.1) is 11.5 Å². The average molecular weight is 332 g/mol. The first-order valence-corrected chi connectivity index (χ1v) is 9.95. The van der Waals surface area contributed by atoms with Crippen LogP contribution in [0.25, 0.3) is 0 Å². The molecule has 0 amide bonds. The highest BCUT2D eigenvalue weighted by atomic mass is 32.2. The minimum Gasteiger partial charge on any atom is -0.392 e. The number of aliphatic hydroxyl groups is 1. The van der Waals surface area contributed by atoms with Crippen LogP contribution >= 0.6 is 11.8 Å². The Labute approximate surface area is 132 Å². The zero-order valence-corrected chi connectivity index (χ0v) is 14.8. The molecular weight excluding hydrogens is 306 g/mol. The van der Waals surface area contributed by atoms with Crippen molar-refractivity contribution in [3.8, 4) is 0 Å². The molecule has 0 radical (unpaired) electrons. The van der Waals surface area contributed by atoms with Gasteiger partial charge in [-0.1, -0.05) is 26.0 Å². The molecule has 0 aromatic heterocycles. The van der Waals surface area contributed by atoms with Crippen LogP contribution in [-0.4, -0.2) is 42.9 Å². The first-order chi connectivity index (χ1) is 9.92. The lowest BCUT2D eigenvalue weighted by molar-refractivity contribution is 0.281. The molecule has 0 aliphatic heterocycles. The van der Waals surface area contributed by atoms with Crippen LogP contribution in [0.4, 0.5) is 0 Å². The number of sulfonamides is 1. The van der Waals surface area contributed by atoms with Gasteiger partial charge in [0.25, 0.3) is 0 Å². The Balaban J connectivity index is 3.28. The van der Waals surface area contributed by atoms with Crippen molar-refractivity contribution in [1.82, 2.24) is 4.31 Å². The molecular formula is C15H25NO3S2. The fourth-order valence-corrected chi connectivity index (χ4v) is 4.96. The van der Waals surface area contributed by atoms with Crippen molar-refractivity contribution < 1.29 is 13.5 Å². The molecule has 0 bridgehead atoms. The number of aliphatic hydroxyl groups excluding tert-OH is 1. The molecule has 1 aromatic rings. The fourth-order valence-electron chi connectivity index (χ4n) is 2.25. The lowest BCUT2D eigenvalue weighted by atomic mass is 10.1. The summed E-state index contributed by atoms with van der Waals surface area (Å²) in [6.07, 6.45) is 3.40. The Bertz CT molecular complexity index is 558. The summed E-state index contributed by atoms with van der Waals surface area (Å²) in [4.78, 5) is 0.318. The van der Waals surface area contributed by atoms with E-state index in [9.17, 15) is 13.5 Å². The van der Waals surface area contributed by atoms with Crippen LogP contribution in [-0.2, 0) is 23.1 Å². The van der Waals surface area contributed by atoms with Gasteiger partial charge in [0.1, 0.15) is 0 Å². The second kappa shape index (κ2) is 8.17. The number of hydrogen-bond acceptors (Lipinski definition) is 4. The largest absolute Gasteiger partial charge is 0.392 e. The maximum absolute atomic E-state index is 12.9. The van der Waals surface area contributed by atoms with Gasteiger partial charge in [-0.05, 0) is 36.3 Å². The SMILES string of the molecule is CCc1ccc(CO)cc1S(=O)(=O)N(C)C(CC)CSC. The predicted molar refractivity (Wildman–Crippen MR) is 89.2 cm³/mol. The van der Waals surface area contributed by atoms with E-state index >= 15 is 0 Å². The summed E-state index contributed by atoms with van der Waals surface area (Å²) in [6.45, 7) is 3.78. The molecule has 0 spiro atoms. The Hall–Kier alpha value is -0.560. The van der Waals surface area contributed by atoms with Crippen LogP contribution in [0.15, 0.2) is 23.1 Å². The Morgan fingerprint density at radius 1 is 1.33 bits per heavy atom. The van der Waals surface area contributed by atoms with Gasteiger partial charge in [-0.25, -0.2) is 8.42 Å². The van der Waals surface area contributed by atoms with Crippen molar-refractivity contribution in [2.75, 3.05) is 19.1 Å². The number of thioether (sulfide) groups is 1. The van der Waals surface area contributed by atoms with E-state index in [4.69, 9.17) is 0 Å².